The smallest absolute Gasteiger partial charge is 0.462 e. The van der Waals surface area contributed by atoms with Crippen LogP contribution in [0.15, 0.2) is 72.9 Å². The first-order valence-corrected chi connectivity index (χ1v) is 41.2. The topological polar surface area (TPSA) is 237 Å². The van der Waals surface area contributed by atoms with Crippen molar-refractivity contribution in [1.82, 2.24) is 0 Å². The summed E-state index contributed by atoms with van der Waals surface area (Å²) in [7, 11) is -9.95. The zero-order valence-corrected chi connectivity index (χ0v) is 62.6. The standard InChI is InChI=1S/C77H138O17P2/c1-5-9-13-17-21-25-29-33-35-39-41-45-49-53-57-61-74(79)87-67-72(93-76(81)63-59-55-51-47-43-37-31-27-23-19-15-11-7-3)69-91-95(83,84)89-65-71(78)66-90-96(85,86)92-70-73(94-77(82)64-60-56-52-48-44-38-32-28-24-20-16-12-8-4)68-88-75(80)62-58-54-50-46-42-40-36-34-30-26-22-18-14-10-6-2/h15-16,19-21,25,27-28,31-33,35,71-73,78H,5-14,17-18,22-24,26,29-30,34,36-70H2,1-4H3,(H,83,84)(H,85,86)/b19-15-,20-16-,25-21-,31-27-,32-28-,35-33-. The van der Waals surface area contributed by atoms with Crippen molar-refractivity contribution >= 4 is 39.5 Å². The third kappa shape index (κ3) is 69.0. The molecule has 0 saturated heterocycles. The number of aliphatic hydroxyl groups excluding tert-OH is 1. The van der Waals surface area contributed by atoms with Crippen LogP contribution in [0.1, 0.15) is 336 Å². The van der Waals surface area contributed by atoms with Crippen LogP contribution in [0.4, 0.5) is 0 Å². The zero-order valence-electron chi connectivity index (χ0n) is 60.8. The number of phosphoric acid groups is 2. The molecule has 0 fully saturated rings. The maximum atomic E-state index is 13.1. The number of carbonyl (C=O) groups excluding carboxylic acids is 4. The average Bonchev–Trinajstić information content (AvgIpc) is 1.15. The Hall–Kier alpha value is -3.50. The summed E-state index contributed by atoms with van der Waals surface area (Å²) >= 11 is 0. The molecule has 96 heavy (non-hydrogen) atoms. The molecule has 558 valence electrons. The van der Waals surface area contributed by atoms with E-state index in [1.54, 1.807) is 0 Å². The number of phosphoric ester groups is 2. The molecule has 19 heteroatoms. The summed E-state index contributed by atoms with van der Waals surface area (Å²) in [6, 6.07) is 0. The van der Waals surface area contributed by atoms with Crippen molar-refractivity contribution in [2.45, 2.75) is 354 Å². The van der Waals surface area contributed by atoms with Crippen molar-refractivity contribution in [1.29, 1.82) is 0 Å². The molecule has 0 aromatic heterocycles. The van der Waals surface area contributed by atoms with Gasteiger partial charge in [0.1, 0.15) is 19.3 Å². The number of hydrogen-bond donors (Lipinski definition) is 3. The van der Waals surface area contributed by atoms with E-state index in [0.717, 1.165) is 167 Å². The van der Waals surface area contributed by atoms with Crippen molar-refractivity contribution in [2.24, 2.45) is 0 Å². The first-order chi connectivity index (χ1) is 46.7. The van der Waals surface area contributed by atoms with Gasteiger partial charge in [0.2, 0.25) is 0 Å². The van der Waals surface area contributed by atoms with E-state index >= 15 is 0 Å². The molecule has 0 rings (SSSR count). The Kier molecular flexibility index (Phi) is 67.4. The predicted octanol–water partition coefficient (Wildman–Crippen LogP) is 21.7. The van der Waals surface area contributed by atoms with Crippen molar-refractivity contribution in [3.05, 3.63) is 72.9 Å². The first kappa shape index (κ1) is 92.5. The highest BCUT2D eigenvalue weighted by atomic mass is 31.2. The molecule has 0 amide bonds. The molecule has 0 aromatic rings. The number of esters is 4. The molecular weight excluding hydrogens is 1260 g/mol. The van der Waals surface area contributed by atoms with Gasteiger partial charge in [-0.25, -0.2) is 9.13 Å². The molecule has 5 atom stereocenters. The minimum atomic E-state index is -4.97. The number of ether oxygens (including phenoxy) is 4. The van der Waals surface area contributed by atoms with Crippen LogP contribution in [0.5, 0.6) is 0 Å². The molecule has 5 unspecified atom stereocenters. The summed E-state index contributed by atoms with van der Waals surface area (Å²) in [6.07, 6.45) is 68.9. The lowest BCUT2D eigenvalue weighted by molar-refractivity contribution is -0.161. The minimum Gasteiger partial charge on any atom is -0.462 e. The van der Waals surface area contributed by atoms with Gasteiger partial charge in [-0.05, 0) is 109 Å². The van der Waals surface area contributed by atoms with Crippen LogP contribution >= 0.6 is 15.6 Å². The van der Waals surface area contributed by atoms with E-state index in [1.807, 2.05) is 0 Å². The fourth-order valence-corrected chi connectivity index (χ4v) is 11.8. The fraction of sp³-hybridized carbons (Fsp3) is 0.792. The van der Waals surface area contributed by atoms with Crippen molar-refractivity contribution in [3.63, 3.8) is 0 Å². The van der Waals surface area contributed by atoms with E-state index in [2.05, 4.69) is 101 Å². The van der Waals surface area contributed by atoms with E-state index in [4.69, 9.17) is 37.0 Å². The van der Waals surface area contributed by atoms with Gasteiger partial charge in [-0.3, -0.25) is 37.3 Å². The molecule has 3 N–H and O–H groups in total. The summed E-state index contributed by atoms with van der Waals surface area (Å²) in [5.74, 6) is -2.20. The highest BCUT2D eigenvalue weighted by molar-refractivity contribution is 7.47. The fourth-order valence-electron chi connectivity index (χ4n) is 10.3. The van der Waals surface area contributed by atoms with Gasteiger partial charge in [0.05, 0.1) is 26.4 Å². The second-order valence-electron chi connectivity index (χ2n) is 25.6. The Morgan fingerprint density at radius 3 is 0.833 bits per heavy atom. The SMILES string of the molecule is CCC/C=C\C/C=C\CCCCCCCC(=O)OC(COC(=O)CCCCCCC/C=C\C/C=C\CCCCC)COP(=O)(O)OCC(O)COP(=O)(O)OCC(COC(=O)CCCCCCCCCCCCCCCCC)OC(=O)CCCCCCC/C=C\C/C=C\CCC. The number of rotatable bonds is 72. The number of allylic oxidation sites excluding steroid dienone is 12. The second kappa shape index (κ2) is 70.0. The van der Waals surface area contributed by atoms with Crippen molar-refractivity contribution < 1.29 is 80.2 Å². The van der Waals surface area contributed by atoms with Crippen LogP contribution in [-0.2, 0) is 65.4 Å². The second-order valence-corrected chi connectivity index (χ2v) is 28.5. The molecule has 0 aliphatic carbocycles. The number of aliphatic hydroxyl groups is 1. The summed E-state index contributed by atoms with van der Waals surface area (Å²) < 4.78 is 68.4. The summed E-state index contributed by atoms with van der Waals surface area (Å²) in [5, 5.41) is 10.6. The van der Waals surface area contributed by atoms with Gasteiger partial charge in [-0.1, -0.05) is 274 Å². The Balaban J connectivity index is 5.33. The van der Waals surface area contributed by atoms with Gasteiger partial charge in [0.25, 0.3) is 0 Å². The van der Waals surface area contributed by atoms with Gasteiger partial charge >= 0.3 is 39.5 Å². The summed E-state index contributed by atoms with van der Waals surface area (Å²) in [5.41, 5.74) is 0. The van der Waals surface area contributed by atoms with Crippen LogP contribution in [0.3, 0.4) is 0 Å². The Morgan fingerprint density at radius 2 is 0.531 bits per heavy atom. The minimum absolute atomic E-state index is 0.0775. The highest BCUT2D eigenvalue weighted by Crippen LogP contribution is 2.45. The Labute approximate surface area is 583 Å². The van der Waals surface area contributed by atoms with Gasteiger partial charge in [0.15, 0.2) is 12.2 Å². The molecule has 0 radical (unpaired) electrons. The lowest BCUT2D eigenvalue weighted by Gasteiger charge is -2.21. The van der Waals surface area contributed by atoms with E-state index in [9.17, 15) is 43.2 Å². The van der Waals surface area contributed by atoms with Gasteiger partial charge in [-0.2, -0.15) is 0 Å². The lowest BCUT2D eigenvalue weighted by Crippen LogP contribution is -2.30. The summed E-state index contributed by atoms with van der Waals surface area (Å²) in [6.45, 7) is 4.71. The number of hydrogen-bond acceptors (Lipinski definition) is 15. The molecule has 0 aliphatic heterocycles. The van der Waals surface area contributed by atoms with Crippen molar-refractivity contribution in [3.8, 4) is 0 Å². The molecule has 0 aromatic carbocycles. The van der Waals surface area contributed by atoms with Gasteiger partial charge in [0, 0.05) is 25.7 Å². The third-order valence-corrected chi connectivity index (χ3v) is 18.0. The molecular formula is C77H138O17P2. The summed E-state index contributed by atoms with van der Waals surface area (Å²) in [4.78, 5) is 72.8. The van der Waals surface area contributed by atoms with E-state index in [0.29, 0.717) is 25.7 Å². The molecule has 0 saturated carbocycles. The Bertz CT molecular complexity index is 2110. The average molecular weight is 1400 g/mol. The van der Waals surface area contributed by atoms with Crippen LogP contribution in [0, 0.1) is 0 Å². The maximum Gasteiger partial charge on any atom is 0.472 e. The van der Waals surface area contributed by atoms with Crippen LogP contribution < -0.4 is 0 Å². The van der Waals surface area contributed by atoms with Crippen LogP contribution in [0.2, 0.25) is 0 Å². The monoisotopic (exact) mass is 1400 g/mol. The van der Waals surface area contributed by atoms with Gasteiger partial charge in [-0.15, -0.1) is 0 Å². The largest absolute Gasteiger partial charge is 0.472 e. The molecule has 0 spiro atoms. The molecule has 0 aliphatic rings. The third-order valence-electron chi connectivity index (χ3n) is 16.1. The maximum absolute atomic E-state index is 13.1. The number of unbranched alkanes of at least 4 members (excludes halogenated alkanes) is 34. The molecule has 0 bridgehead atoms. The van der Waals surface area contributed by atoms with E-state index in [-0.39, 0.29) is 25.7 Å². The highest BCUT2D eigenvalue weighted by Gasteiger charge is 2.30. The lowest BCUT2D eigenvalue weighted by atomic mass is 10.0. The van der Waals surface area contributed by atoms with Crippen molar-refractivity contribution in [2.75, 3.05) is 39.6 Å². The van der Waals surface area contributed by atoms with Gasteiger partial charge < -0.3 is 33.8 Å². The Morgan fingerprint density at radius 1 is 0.292 bits per heavy atom. The number of carbonyl (C=O) groups is 4. The zero-order chi connectivity index (χ0) is 70.4. The quantitative estimate of drug-likeness (QED) is 0.0169. The van der Waals surface area contributed by atoms with E-state index < -0.39 is 97.5 Å². The van der Waals surface area contributed by atoms with Crippen LogP contribution in [0.25, 0.3) is 0 Å². The normalized spacial score (nSPS) is 14.4. The molecule has 17 nitrogen and oxygen atoms in total. The first-order valence-electron chi connectivity index (χ1n) is 38.2. The molecule has 0 heterocycles. The van der Waals surface area contributed by atoms with E-state index in [1.165, 1.54) is 89.9 Å². The predicted molar refractivity (Wildman–Crippen MR) is 390 cm³/mol. The van der Waals surface area contributed by atoms with Crippen LogP contribution in [-0.4, -0.2) is 96.7 Å².